The monoisotopic (exact) mass is 343 g/mol. The first kappa shape index (κ1) is 14.9. The summed E-state index contributed by atoms with van der Waals surface area (Å²) in [5, 5.41) is 13.3. The van der Waals surface area contributed by atoms with E-state index < -0.39 is 28.0 Å². The number of aliphatic imine (C=N–C) groups is 1. The molecule has 2 aromatic rings. The van der Waals surface area contributed by atoms with Crippen molar-refractivity contribution in [3.05, 3.63) is 54.1 Å². The van der Waals surface area contributed by atoms with Crippen LogP contribution in [0.5, 0.6) is 0 Å². The quantitative estimate of drug-likeness (QED) is 0.725. The molecule has 0 aliphatic carbocycles. The maximum atomic E-state index is 12.4. The van der Waals surface area contributed by atoms with Crippen LogP contribution >= 0.6 is 0 Å². The van der Waals surface area contributed by atoms with Gasteiger partial charge in [0, 0.05) is 11.3 Å². The van der Waals surface area contributed by atoms with E-state index in [0.29, 0.717) is 11.3 Å². The highest BCUT2D eigenvalue weighted by Gasteiger charge is 2.41. The van der Waals surface area contributed by atoms with Crippen LogP contribution in [0.25, 0.3) is 0 Å². The fourth-order valence-corrected chi connectivity index (χ4v) is 4.14. The number of aliphatic hydroxyl groups excluding tert-OH is 1. The number of nitrogens with one attached hydrogen (secondary N) is 2. The van der Waals surface area contributed by atoms with Crippen molar-refractivity contribution in [3.8, 4) is 0 Å². The number of amidine groups is 1. The van der Waals surface area contributed by atoms with Crippen molar-refractivity contribution in [2.24, 2.45) is 10.9 Å². The van der Waals surface area contributed by atoms with E-state index in [2.05, 4.69) is 15.0 Å². The summed E-state index contributed by atoms with van der Waals surface area (Å²) < 4.78 is 27.1. The van der Waals surface area contributed by atoms with Crippen molar-refractivity contribution in [2.75, 3.05) is 5.32 Å². The molecule has 2 aliphatic rings. The van der Waals surface area contributed by atoms with Crippen LogP contribution in [0.3, 0.4) is 0 Å². The second-order valence-electron chi connectivity index (χ2n) is 5.57. The summed E-state index contributed by atoms with van der Waals surface area (Å²) in [5.41, 5.74) is 1.26. The highest BCUT2D eigenvalue weighted by atomic mass is 32.2. The predicted molar refractivity (Wildman–Crippen MR) is 87.4 cm³/mol. The molecule has 0 fully saturated rings. The van der Waals surface area contributed by atoms with Crippen LogP contribution in [0.1, 0.15) is 11.7 Å². The van der Waals surface area contributed by atoms with E-state index in [-0.39, 0.29) is 16.4 Å². The Morgan fingerprint density at radius 2 is 1.75 bits per heavy atom. The van der Waals surface area contributed by atoms with Gasteiger partial charge in [-0.2, -0.15) is 0 Å². The van der Waals surface area contributed by atoms with Gasteiger partial charge >= 0.3 is 0 Å². The van der Waals surface area contributed by atoms with Gasteiger partial charge in [0.1, 0.15) is 16.6 Å². The number of para-hydroxylation sites is 2. The Morgan fingerprint density at radius 3 is 2.58 bits per heavy atom. The summed E-state index contributed by atoms with van der Waals surface area (Å²) in [6, 6.07) is 13.1. The molecule has 2 atom stereocenters. The third-order valence-corrected chi connectivity index (χ3v) is 5.47. The van der Waals surface area contributed by atoms with Crippen molar-refractivity contribution in [3.63, 3.8) is 0 Å². The first-order valence-corrected chi connectivity index (χ1v) is 8.74. The Kier molecular flexibility index (Phi) is 3.19. The summed E-state index contributed by atoms with van der Waals surface area (Å²) in [7, 11) is -3.84. The normalized spacial score (nSPS) is 24.0. The Balaban J connectivity index is 1.83. The molecule has 0 bridgehead atoms. The fraction of sp³-hybridized carbons (Fsp3) is 0.125. The number of sulfonamides is 1. The van der Waals surface area contributed by atoms with E-state index in [4.69, 9.17) is 0 Å². The molecule has 2 heterocycles. The number of benzene rings is 2. The molecule has 1 amide bonds. The first-order valence-electron chi connectivity index (χ1n) is 7.26. The number of aliphatic hydroxyl groups is 1. The molecular weight excluding hydrogens is 330 g/mol. The van der Waals surface area contributed by atoms with Gasteiger partial charge in [0.2, 0.25) is 5.91 Å². The van der Waals surface area contributed by atoms with Gasteiger partial charge in [0.25, 0.3) is 10.0 Å². The van der Waals surface area contributed by atoms with Gasteiger partial charge in [-0.15, -0.1) is 0 Å². The van der Waals surface area contributed by atoms with Gasteiger partial charge in [0.15, 0.2) is 0 Å². The molecule has 2 unspecified atom stereocenters. The number of fused-ring (bicyclic) bond motifs is 2. The molecule has 8 heteroatoms. The molecule has 2 aliphatic heterocycles. The Morgan fingerprint density at radius 1 is 1.04 bits per heavy atom. The SMILES string of the molecule is O=C1Nc2ccccc2C(O)C1C1=Nc2ccccc2S(=O)(=O)N1. The smallest absolute Gasteiger partial charge is 0.264 e. The first-order chi connectivity index (χ1) is 11.5. The molecule has 0 aromatic heterocycles. The lowest BCUT2D eigenvalue weighted by atomic mass is 9.89. The lowest BCUT2D eigenvalue weighted by Gasteiger charge is -2.31. The number of hydrogen-bond donors (Lipinski definition) is 3. The molecule has 7 nitrogen and oxygen atoms in total. The van der Waals surface area contributed by atoms with E-state index >= 15 is 0 Å². The second kappa shape index (κ2) is 5.15. The summed E-state index contributed by atoms with van der Waals surface area (Å²) >= 11 is 0. The lowest BCUT2D eigenvalue weighted by Crippen LogP contribution is -2.47. The molecule has 4 rings (SSSR count). The molecule has 122 valence electrons. The van der Waals surface area contributed by atoms with Crippen LogP contribution < -0.4 is 10.0 Å². The molecule has 0 spiro atoms. The van der Waals surface area contributed by atoms with Gasteiger partial charge in [-0.05, 0) is 18.2 Å². The predicted octanol–water partition coefficient (Wildman–Crippen LogP) is 1.31. The average molecular weight is 343 g/mol. The number of nitrogens with zero attached hydrogens (tertiary/aromatic N) is 1. The van der Waals surface area contributed by atoms with E-state index in [0.717, 1.165) is 0 Å². The Bertz CT molecular complexity index is 984. The Hall–Kier alpha value is -2.71. The summed E-state index contributed by atoms with van der Waals surface area (Å²) in [6.07, 6.45) is -1.19. The Labute approximate surface area is 138 Å². The molecule has 0 saturated carbocycles. The molecule has 24 heavy (non-hydrogen) atoms. The van der Waals surface area contributed by atoms with E-state index in [1.807, 2.05) is 0 Å². The minimum atomic E-state index is -3.84. The van der Waals surface area contributed by atoms with Crippen LogP contribution in [0.4, 0.5) is 11.4 Å². The molecule has 2 aromatic carbocycles. The molecule has 0 radical (unpaired) electrons. The summed E-state index contributed by atoms with van der Waals surface area (Å²) in [5.74, 6) is -1.74. The number of carbonyl (C=O) groups excluding carboxylic acids is 1. The zero-order valence-electron chi connectivity index (χ0n) is 12.3. The summed E-state index contributed by atoms with van der Waals surface area (Å²) in [4.78, 5) is 16.7. The van der Waals surface area contributed by atoms with E-state index in [1.54, 1.807) is 42.5 Å². The van der Waals surface area contributed by atoms with Crippen molar-refractivity contribution in [2.45, 2.75) is 11.0 Å². The van der Waals surface area contributed by atoms with Gasteiger partial charge in [0.05, 0.1) is 11.8 Å². The lowest BCUT2D eigenvalue weighted by molar-refractivity contribution is -0.121. The van der Waals surface area contributed by atoms with Crippen molar-refractivity contribution in [1.82, 2.24) is 4.72 Å². The zero-order valence-corrected chi connectivity index (χ0v) is 13.1. The van der Waals surface area contributed by atoms with Gasteiger partial charge in [-0.1, -0.05) is 30.3 Å². The standard InChI is InChI=1S/C16H13N3O4S/c20-14-9-5-1-2-6-10(9)18-16(21)13(14)15-17-11-7-3-4-8-12(11)24(22,23)19-15/h1-8,13-14,20H,(H,17,19)(H,18,21). The maximum Gasteiger partial charge on any atom is 0.264 e. The van der Waals surface area contributed by atoms with Crippen LogP contribution in [0.15, 0.2) is 58.4 Å². The highest BCUT2D eigenvalue weighted by molar-refractivity contribution is 7.90. The molecular formula is C16H13N3O4S. The van der Waals surface area contributed by atoms with Crippen LogP contribution in [-0.4, -0.2) is 25.3 Å². The largest absolute Gasteiger partial charge is 0.387 e. The molecule has 3 N–H and O–H groups in total. The van der Waals surface area contributed by atoms with Gasteiger partial charge < -0.3 is 10.4 Å². The number of anilines is 1. The zero-order chi connectivity index (χ0) is 16.9. The summed E-state index contributed by atoms with van der Waals surface area (Å²) in [6.45, 7) is 0. The number of amides is 1. The molecule has 0 saturated heterocycles. The van der Waals surface area contributed by atoms with Crippen LogP contribution in [0, 0.1) is 5.92 Å². The second-order valence-corrected chi connectivity index (χ2v) is 7.22. The third kappa shape index (κ3) is 2.19. The van der Waals surface area contributed by atoms with E-state index in [1.165, 1.54) is 6.07 Å². The topological polar surface area (TPSA) is 108 Å². The maximum absolute atomic E-state index is 12.4. The fourth-order valence-electron chi connectivity index (χ4n) is 2.93. The van der Waals surface area contributed by atoms with Gasteiger partial charge in [-0.25, -0.2) is 13.4 Å². The highest BCUT2D eigenvalue weighted by Crippen LogP contribution is 2.37. The van der Waals surface area contributed by atoms with Gasteiger partial charge in [-0.3, -0.25) is 9.52 Å². The number of rotatable bonds is 1. The van der Waals surface area contributed by atoms with Crippen molar-refractivity contribution in [1.29, 1.82) is 0 Å². The average Bonchev–Trinajstić information content (AvgIpc) is 2.54. The minimum absolute atomic E-state index is 0.0415. The minimum Gasteiger partial charge on any atom is -0.387 e. The van der Waals surface area contributed by atoms with E-state index in [9.17, 15) is 18.3 Å². The number of carbonyl (C=O) groups is 1. The van der Waals surface area contributed by atoms with Crippen molar-refractivity contribution < 1.29 is 18.3 Å². The number of hydrogen-bond acceptors (Lipinski definition) is 5. The van der Waals surface area contributed by atoms with Crippen LogP contribution in [-0.2, 0) is 14.8 Å². The van der Waals surface area contributed by atoms with Crippen LogP contribution in [0.2, 0.25) is 0 Å². The van der Waals surface area contributed by atoms with Crippen molar-refractivity contribution >= 4 is 33.1 Å². The third-order valence-electron chi connectivity index (χ3n) is 4.06.